The number of nitrogens with one attached hydrogen (secondary N) is 1. The van der Waals surface area contributed by atoms with Crippen LogP contribution in [0.2, 0.25) is 0 Å². The third kappa shape index (κ3) is 3.25. The average Bonchev–Trinajstić information content (AvgIpc) is 2.34. The second-order valence-corrected chi connectivity index (χ2v) is 4.23. The molecule has 0 unspecified atom stereocenters. The molecule has 2 aromatic carbocycles. The van der Waals surface area contributed by atoms with Crippen LogP contribution >= 0.6 is 0 Å². The average molecular weight is 226 g/mol. The van der Waals surface area contributed by atoms with Crippen LogP contribution < -0.4 is 11.1 Å². The van der Waals surface area contributed by atoms with Crippen molar-refractivity contribution in [3.63, 3.8) is 0 Å². The van der Waals surface area contributed by atoms with Crippen molar-refractivity contribution in [2.45, 2.75) is 13.3 Å². The molecule has 17 heavy (non-hydrogen) atoms. The van der Waals surface area contributed by atoms with Crippen LogP contribution in [0.1, 0.15) is 11.1 Å². The first kappa shape index (κ1) is 11.5. The van der Waals surface area contributed by atoms with Crippen molar-refractivity contribution in [3.8, 4) is 0 Å². The molecule has 88 valence electrons. The van der Waals surface area contributed by atoms with Crippen LogP contribution in [0, 0.1) is 6.92 Å². The Morgan fingerprint density at radius 2 is 1.71 bits per heavy atom. The highest BCUT2D eigenvalue weighted by Gasteiger charge is 1.96. The Balaban J connectivity index is 1.88. The van der Waals surface area contributed by atoms with Gasteiger partial charge in [-0.3, -0.25) is 0 Å². The van der Waals surface area contributed by atoms with Crippen molar-refractivity contribution in [3.05, 3.63) is 59.7 Å². The standard InChI is InChI=1S/C15H18N2/c1-12-4-2-3-5-15(12)17-11-10-13-6-8-14(16)9-7-13/h2-9,17H,10-11,16H2,1H3. The lowest BCUT2D eigenvalue weighted by atomic mass is 10.1. The number of aryl methyl sites for hydroxylation is 1. The van der Waals surface area contributed by atoms with Gasteiger partial charge in [-0.15, -0.1) is 0 Å². The molecule has 0 aliphatic rings. The number of para-hydroxylation sites is 1. The molecule has 0 aliphatic carbocycles. The van der Waals surface area contributed by atoms with E-state index < -0.39 is 0 Å². The Kier molecular flexibility index (Phi) is 3.66. The first-order chi connectivity index (χ1) is 8.25. The van der Waals surface area contributed by atoms with Crippen LogP contribution in [0.15, 0.2) is 48.5 Å². The fourth-order valence-electron chi connectivity index (χ4n) is 1.80. The van der Waals surface area contributed by atoms with Crippen LogP contribution in [0.3, 0.4) is 0 Å². The molecule has 0 saturated carbocycles. The lowest BCUT2D eigenvalue weighted by Crippen LogP contribution is -2.05. The number of anilines is 2. The molecule has 0 heterocycles. The zero-order valence-electron chi connectivity index (χ0n) is 10.1. The third-order valence-electron chi connectivity index (χ3n) is 2.85. The molecular weight excluding hydrogens is 208 g/mol. The first-order valence-corrected chi connectivity index (χ1v) is 5.89. The normalized spacial score (nSPS) is 10.2. The number of rotatable bonds is 4. The molecule has 2 heteroatoms. The third-order valence-corrected chi connectivity index (χ3v) is 2.85. The summed E-state index contributed by atoms with van der Waals surface area (Å²) in [6, 6.07) is 16.4. The minimum absolute atomic E-state index is 0.820. The van der Waals surface area contributed by atoms with Gasteiger partial charge in [0.05, 0.1) is 0 Å². The fourth-order valence-corrected chi connectivity index (χ4v) is 1.80. The molecule has 0 aliphatic heterocycles. The number of nitrogens with two attached hydrogens (primary N) is 1. The number of benzene rings is 2. The summed E-state index contributed by atoms with van der Waals surface area (Å²) in [5.74, 6) is 0. The lowest BCUT2D eigenvalue weighted by molar-refractivity contribution is 1.02. The maximum atomic E-state index is 5.65. The molecule has 0 amide bonds. The minimum atomic E-state index is 0.820. The lowest BCUT2D eigenvalue weighted by Gasteiger charge is -2.09. The SMILES string of the molecule is Cc1ccccc1NCCc1ccc(N)cc1. The second kappa shape index (κ2) is 5.39. The maximum absolute atomic E-state index is 5.65. The van der Waals surface area contributed by atoms with Gasteiger partial charge in [0, 0.05) is 17.9 Å². The minimum Gasteiger partial charge on any atom is -0.399 e. The summed E-state index contributed by atoms with van der Waals surface area (Å²) >= 11 is 0. The molecule has 0 saturated heterocycles. The zero-order valence-corrected chi connectivity index (χ0v) is 10.1. The Labute approximate surface area is 102 Å². The Bertz CT molecular complexity index is 475. The Morgan fingerprint density at radius 1 is 1.00 bits per heavy atom. The summed E-state index contributed by atoms with van der Waals surface area (Å²) in [7, 11) is 0. The Morgan fingerprint density at radius 3 is 2.41 bits per heavy atom. The van der Waals surface area contributed by atoms with E-state index >= 15 is 0 Å². The second-order valence-electron chi connectivity index (χ2n) is 4.23. The monoisotopic (exact) mass is 226 g/mol. The van der Waals surface area contributed by atoms with E-state index in [9.17, 15) is 0 Å². The van der Waals surface area contributed by atoms with Gasteiger partial charge in [0.25, 0.3) is 0 Å². The summed E-state index contributed by atoms with van der Waals surface area (Å²) < 4.78 is 0. The molecule has 0 radical (unpaired) electrons. The van der Waals surface area contributed by atoms with E-state index in [1.54, 1.807) is 0 Å². The Hall–Kier alpha value is -1.96. The summed E-state index contributed by atoms with van der Waals surface area (Å²) in [4.78, 5) is 0. The van der Waals surface area contributed by atoms with Crippen molar-refractivity contribution in [1.82, 2.24) is 0 Å². The quantitative estimate of drug-likeness (QED) is 0.785. The zero-order chi connectivity index (χ0) is 12.1. The number of hydrogen-bond donors (Lipinski definition) is 2. The van der Waals surface area contributed by atoms with Gasteiger partial charge < -0.3 is 11.1 Å². The van der Waals surface area contributed by atoms with Gasteiger partial charge in [-0.25, -0.2) is 0 Å². The number of nitrogen functional groups attached to an aromatic ring is 1. The van der Waals surface area contributed by atoms with E-state index in [4.69, 9.17) is 5.73 Å². The van der Waals surface area contributed by atoms with Crippen LogP contribution in [-0.4, -0.2) is 6.54 Å². The van der Waals surface area contributed by atoms with E-state index in [1.807, 2.05) is 12.1 Å². The van der Waals surface area contributed by atoms with Crippen molar-refractivity contribution in [1.29, 1.82) is 0 Å². The molecule has 0 atom stereocenters. The molecule has 2 nitrogen and oxygen atoms in total. The van der Waals surface area contributed by atoms with E-state index in [0.717, 1.165) is 18.7 Å². The summed E-state index contributed by atoms with van der Waals surface area (Å²) in [6.07, 6.45) is 1.01. The van der Waals surface area contributed by atoms with E-state index in [2.05, 4.69) is 48.6 Å². The van der Waals surface area contributed by atoms with E-state index in [-0.39, 0.29) is 0 Å². The fraction of sp³-hybridized carbons (Fsp3) is 0.200. The van der Waals surface area contributed by atoms with Gasteiger partial charge in [-0.2, -0.15) is 0 Å². The molecule has 0 bridgehead atoms. The van der Waals surface area contributed by atoms with Crippen molar-refractivity contribution in [2.75, 3.05) is 17.6 Å². The predicted molar refractivity (Wildman–Crippen MR) is 74.2 cm³/mol. The van der Waals surface area contributed by atoms with Gasteiger partial charge >= 0.3 is 0 Å². The molecule has 2 rings (SSSR count). The van der Waals surface area contributed by atoms with Gasteiger partial charge in [0.15, 0.2) is 0 Å². The molecule has 3 N–H and O–H groups in total. The van der Waals surface area contributed by atoms with Crippen molar-refractivity contribution in [2.24, 2.45) is 0 Å². The van der Waals surface area contributed by atoms with Crippen molar-refractivity contribution < 1.29 is 0 Å². The van der Waals surface area contributed by atoms with Crippen LogP contribution in [0.5, 0.6) is 0 Å². The maximum Gasteiger partial charge on any atom is 0.0369 e. The van der Waals surface area contributed by atoms with E-state index in [0.29, 0.717) is 0 Å². The van der Waals surface area contributed by atoms with Crippen LogP contribution in [0.4, 0.5) is 11.4 Å². The molecule has 0 spiro atoms. The van der Waals surface area contributed by atoms with Gasteiger partial charge in [-0.05, 0) is 42.7 Å². The van der Waals surface area contributed by atoms with E-state index in [1.165, 1.54) is 16.8 Å². The van der Waals surface area contributed by atoms with Crippen LogP contribution in [-0.2, 0) is 6.42 Å². The first-order valence-electron chi connectivity index (χ1n) is 5.89. The summed E-state index contributed by atoms with van der Waals surface area (Å²) in [5, 5.41) is 3.44. The number of hydrogen-bond acceptors (Lipinski definition) is 2. The highest BCUT2D eigenvalue weighted by atomic mass is 14.9. The predicted octanol–water partition coefficient (Wildman–Crippen LogP) is 3.23. The van der Waals surface area contributed by atoms with Crippen LogP contribution in [0.25, 0.3) is 0 Å². The van der Waals surface area contributed by atoms with Gasteiger partial charge in [-0.1, -0.05) is 30.3 Å². The largest absolute Gasteiger partial charge is 0.399 e. The molecular formula is C15H18N2. The summed E-state index contributed by atoms with van der Waals surface area (Å²) in [6.45, 7) is 3.06. The van der Waals surface area contributed by atoms with Crippen molar-refractivity contribution >= 4 is 11.4 Å². The topological polar surface area (TPSA) is 38.0 Å². The highest BCUT2D eigenvalue weighted by molar-refractivity contribution is 5.50. The highest BCUT2D eigenvalue weighted by Crippen LogP contribution is 2.13. The smallest absolute Gasteiger partial charge is 0.0369 e. The van der Waals surface area contributed by atoms with Gasteiger partial charge in [0.1, 0.15) is 0 Å². The summed E-state index contributed by atoms with van der Waals surface area (Å²) in [5.41, 5.74) is 10.3. The van der Waals surface area contributed by atoms with Gasteiger partial charge in [0.2, 0.25) is 0 Å². The molecule has 2 aromatic rings. The molecule has 0 fully saturated rings. The molecule has 0 aromatic heterocycles.